The van der Waals surface area contributed by atoms with Gasteiger partial charge in [-0.1, -0.05) is 30.7 Å². The number of hydrogen-bond donors (Lipinski definition) is 0. The van der Waals surface area contributed by atoms with E-state index >= 15 is 0 Å². The molecule has 2 aliphatic heterocycles. The maximum absolute atomic E-state index is 13.3. The zero-order chi connectivity index (χ0) is 23.3. The maximum atomic E-state index is 13.3. The minimum Gasteiger partial charge on any atom is -0.497 e. The summed E-state index contributed by atoms with van der Waals surface area (Å²) in [4.78, 5) is 17.6. The number of carbonyl (C=O) groups excluding carboxylic acids is 1. The molecule has 33 heavy (non-hydrogen) atoms. The van der Waals surface area contributed by atoms with Gasteiger partial charge in [-0.05, 0) is 49.1 Å². The average Bonchev–Trinajstić information content (AvgIpc) is 2.88. The number of ether oxygens (including phenoxy) is 1. The van der Waals surface area contributed by atoms with Gasteiger partial charge in [0.05, 0.1) is 17.6 Å². The van der Waals surface area contributed by atoms with Crippen molar-refractivity contribution in [3.8, 4) is 5.75 Å². The number of amides is 1. The Morgan fingerprint density at radius 2 is 1.55 bits per heavy atom. The summed E-state index contributed by atoms with van der Waals surface area (Å²) in [5.74, 6) is 0.662. The summed E-state index contributed by atoms with van der Waals surface area (Å²) in [6.07, 6.45) is 3.73. The Hall–Kier alpha value is -2.42. The van der Waals surface area contributed by atoms with Gasteiger partial charge in [-0.25, -0.2) is 8.42 Å². The molecule has 2 saturated heterocycles. The van der Waals surface area contributed by atoms with E-state index in [9.17, 15) is 13.2 Å². The molecule has 2 aromatic rings. The second kappa shape index (κ2) is 10.7. The normalized spacial score (nSPS) is 18.3. The van der Waals surface area contributed by atoms with E-state index in [1.807, 2.05) is 12.1 Å². The molecule has 2 aliphatic rings. The molecule has 0 spiro atoms. The molecule has 0 atom stereocenters. The average molecular weight is 472 g/mol. The number of piperazine rings is 1. The van der Waals surface area contributed by atoms with Crippen molar-refractivity contribution in [1.29, 1.82) is 0 Å². The first kappa shape index (κ1) is 23.7. The van der Waals surface area contributed by atoms with Crippen molar-refractivity contribution in [3.05, 3.63) is 59.7 Å². The molecule has 8 heteroatoms. The van der Waals surface area contributed by atoms with E-state index in [1.165, 1.54) is 9.87 Å². The van der Waals surface area contributed by atoms with Crippen LogP contribution in [0.4, 0.5) is 0 Å². The number of piperidine rings is 1. The molecule has 0 aliphatic carbocycles. The monoisotopic (exact) mass is 471 g/mol. The van der Waals surface area contributed by atoms with Crippen LogP contribution in [0.1, 0.15) is 35.2 Å². The van der Waals surface area contributed by atoms with E-state index in [1.54, 1.807) is 36.3 Å². The lowest BCUT2D eigenvalue weighted by atomic mass is 10.1. The van der Waals surface area contributed by atoms with Gasteiger partial charge >= 0.3 is 0 Å². The summed E-state index contributed by atoms with van der Waals surface area (Å²) in [6, 6.07) is 14.8. The molecule has 2 fully saturated rings. The lowest BCUT2D eigenvalue weighted by Crippen LogP contribution is -2.49. The van der Waals surface area contributed by atoms with E-state index in [4.69, 9.17) is 4.74 Å². The van der Waals surface area contributed by atoms with E-state index in [0.29, 0.717) is 26.2 Å². The summed E-state index contributed by atoms with van der Waals surface area (Å²) in [5, 5.41) is 0. The van der Waals surface area contributed by atoms with Crippen molar-refractivity contribution in [3.63, 3.8) is 0 Å². The van der Waals surface area contributed by atoms with Crippen molar-refractivity contribution in [1.82, 2.24) is 14.1 Å². The Balaban J connectivity index is 1.37. The minimum atomic E-state index is -3.66. The highest BCUT2D eigenvalue weighted by molar-refractivity contribution is 7.89. The molecule has 0 radical (unpaired) electrons. The summed E-state index contributed by atoms with van der Waals surface area (Å²) in [7, 11) is -2.00. The molecule has 0 aromatic heterocycles. The smallest absolute Gasteiger partial charge is 0.255 e. The van der Waals surface area contributed by atoms with E-state index in [0.717, 1.165) is 51.1 Å². The van der Waals surface area contributed by atoms with Crippen LogP contribution in [0.2, 0.25) is 0 Å². The van der Waals surface area contributed by atoms with Gasteiger partial charge in [0.15, 0.2) is 0 Å². The van der Waals surface area contributed by atoms with Crippen molar-refractivity contribution < 1.29 is 17.9 Å². The molecule has 0 bridgehead atoms. The highest BCUT2D eigenvalue weighted by Crippen LogP contribution is 2.25. The van der Waals surface area contributed by atoms with Crippen molar-refractivity contribution in [2.45, 2.75) is 30.6 Å². The van der Waals surface area contributed by atoms with Gasteiger partial charge < -0.3 is 9.64 Å². The minimum absolute atomic E-state index is 0.138. The third kappa shape index (κ3) is 5.57. The van der Waals surface area contributed by atoms with Crippen LogP contribution in [0.15, 0.2) is 53.4 Å². The Morgan fingerprint density at radius 1 is 0.879 bits per heavy atom. The molecule has 2 aromatic carbocycles. The Labute approximate surface area is 197 Å². The van der Waals surface area contributed by atoms with Crippen LogP contribution in [-0.4, -0.2) is 81.4 Å². The number of sulfonamides is 1. The highest BCUT2D eigenvalue weighted by Gasteiger charge is 2.32. The standard InChI is InChI=1S/C25H33N3O4S/c1-32-22-11-9-21(10-12-22)13-16-26-17-19-27(20-18-26)25(29)23-7-3-4-8-24(23)33(30,31)28-14-5-2-6-15-28/h3-4,7-12H,2,5-6,13-20H2,1H3. The number of methoxy groups -OCH3 is 1. The van der Waals surface area contributed by atoms with E-state index in [-0.39, 0.29) is 16.4 Å². The van der Waals surface area contributed by atoms with Crippen LogP contribution in [0, 0.1) is 0 Å². The lowest BCUT2D eigenvalue weighted by Gasteiger charge is -2.35. The molecule has 0 N–H and O–H groups in total. The Morgan fingerprint density at radius 3 is 2.21 bits per heavy atom. The first-order valence-corrected chi connectivity index (χ1v) is 13.2. The molecule has 7 nitrogen and oxygen atoms in total. The third-order valence-electron chi connectivity index (χ3n) is 6.59. The fourth-order valence-electron chi connectivity index (χ4n) is 4.54. The van der Waals surface area contributed by atoms with Gasteiger partial charge in [-0.3, -0.25) is 9.69 Å². The zero-order valence-corrected chi connectivity index (χ0v) is 20.1. The van der Waals surface area contributed by atoms with Crippen LogP contribution in [0.25, 0.3) is 0 Å². The van der Waals surface area contributed by atoms with Gasteiger partial charge in [0.25, 0.3) is 5.91 Å². The molecular weight excluding hydrogens is 438 g/mol. The lowest BCUT2D eigenvalue weighted by molar-refractivity contribution is 0.0634. The SMILES string of the molecule is COc1ccc(CCN2CCN(C(=O)c3ccccc3S(=O)(=O)N3CCCCC3)CC2)cc1. The Kier molecular flexibility index (Phi) is 7.67. The quantitative estimate of drug-likeness (QED) is 0.621. The second-order valence-electron chi connectivity index (χ2n) is 8.69. The first-order chi connectivity index (χ1) is 16.0. The van der Waals surface area contributed by atoms with Gasteiger partial charge in [-0.2, -0.15) is 4.31 Å². The molecular formula is C25H33N3O4S. The number of hydrogen-bond acceptors (Lipinski definition) is 5. The number of benzene rings is 2. The predicted molar refractivity (Wildman–Crippen MR) is 128 cm³/mol. The summed E-state index contributed by atoms with van der Waals surface area (Å²) in [6.45, 7) is 4.73. The van der Waals surface area contributed by atoms with Crippen molar-refractivity contribution in [2.24, 2.45) is 0 Å². The fraction of sp³-hybridized carbons (Fsp3) is 0.480. The maximum Gasteiger partial charge on any atom is 0.255 e. The van der Waals surface area contributed by atoms with Crippen LogP contribution >= 0.6 is 0 Å². The van der Waals surface area contributed by atoms with Gasteiger partial charge in [-0.15, -0.1) is 0 Å². The topological polar surface area (TPSA) is 70.2 Å². The first-order valence-electron chi connectivity index (χ1n) is 11.7. The molecule has 1 amide bonds. The zero-order valence-electron chi connectivity index (χ0n) is 19.3. The Bertz CT molecular complexity index is 1040. The highest BCUT2D eigenvalue weighted by atomic mass is 32.2. The van der Waals surface area contributed by atoms with Crippen LogP contribution in [0.3, 0.4) is 0 Å². The van der Waals surface area contributed by atoms with E-state index in [2.05, 4.69) is 17.0 Å². The van der Waals surface area contributed by atoms with Crippen LogP contribution < -0.4 is 4.74 Å². The number of carbonyl (C=O) groups is 1. The fourth-order valence-corrected chi connectivity index (χ4v) is 6.24. The molecule has 2 heterocycles. The van der Waals surface area contributed by atoms with Crippen LogP contribution in [0.5, 0.6) is 5.75 Å². The van der Waals surface area contributed by atoms with Crippen molar-refractivity contribution in [2.75, 3.05) is 52.9 Å². The number of nitrogens with zero attached hydrogens (tertiary/aromatic N) is 3. The third-order valence-corrected chi connectivity index (χ3v) is 8.54. The van der Waals surface area contributed by atoms with Gasteiger partial charge in [0.2, 0.25) is 10.0 Å². The van der Waals surface area contributed by atoms with Gasteiger partial charge in [0.1, 0.15) is 5.75 Å². The van der Waals surface area contributed by atoms with Gasteiger partial charge in [0, 0.05) is 45.8 Å². The summed E-state index contributed by atoms with van der Waals surface area (Å²) in [5.41, 5.74) is 1.54. The largest absolute Gasteiger partial charge is 0.497 e. The molecule has 4 rings (SSSR count). The van der Waals surface area contributed by atoms with Crippen molar-refractivity contribution >= 4 is 15.9 Å². The molecule has 178 valence electrons. The molecule has 0 saturated carbocycles. The van der Waals surface area contributed by atoms with E-state index < -0.39 is 10.0 Å². The second-order valence-corrected chi connectivity index (χ2v) is 10.6. The summed E-state index contributed by atoms with van der Waals surface area (Å²) < 4.78 is 33.2. The number of rotatable bonds is 7. The molecule has 0 unspecified atom stereocenters. The summed E-state index contributed by atoms with van der Waals surface area (Å²) >= 11 is 0. The van der Waals surface area contributed by atoms with Crippen LogP contribution in [-0.2, 0) is 16.4 Å². The predicted octanol–water partition coefficient (Wildman–Crippen LogP) is 2.87.